The van der Waals surface area contributed by atoms with Crippen LogP contribution in [-0.4, -0.2) is 40.1 Å². The average molecular weight is 433 g/mol. The predicted molar refractivity (Wildman–Crippen MR) is 119 cm³/mol. The molecule has 32 heavy (non-hydrogen) atoms. The van der Waals surface area contributed by atoms with Crippen molar-refractivity contribution in [3.63, 3.8) is 0 Å². The van der Waals surface area contributed by atoms with Gasteiger partial charge in [0.1, 0.15) is 0 Å². The third kappa shape index (κ3) is 4.16. The molecule has 3 aromatic rings. The zero-order chi connectivity index (χ0) is 22.8. The number of rotatable bonds is 6. The van der Waals surface area contributed by atoms with Crippen molar-refractivity contribution in [1.82, 2.24) is 9.78 Å². The van der Waals surface area contributed by atoms with Gasteiger partial charge < -0.3 is 9.64 Å². The number of anilines is 1. The standard InChI is InChI=1S/C24H23N3O5/c1-15(24(31)18-7-8-20-17(13-18)9-11-26(20)16(2)28)32-23(30)10-12-27-21-6-4-3-5-19(21)22(29)14-25-27/h3-8,13-15H,9-12H2,1-2H3/t15-/m1/s1. The maximum absolute atomic E-state index is 12.8. The lowest BCUT2D eigenvalue weighted by atomic mass is 10.0. The molecule has 0 unspecified atom stereocenters. The minimum Gasteiger partial charge on any atom is -0.454 e. The SMILES string of the molecule is CC(=O)N1CCc2cc(C(=O)[C@@H](C)OC(=O)CCn3ncc(=O)c4ccccc43)ccc21. The number of ketones is 1. The molecule has 0 aliphatic carbocycles. The van der Waals surface area contributed by atoms with E-state index in [-0.39, 0.29) is 30.1 Å². The van der Waals surface area contributed by atoms with Gasteiger partial charge in [-0.3, -0.25) is 23.9 Å². The van der Waals surface area contributed by atoms with Crippen LogP contribution in [0.4, 0.5) is 5.69 Å². The van der Waals surface area contributed by atoms with Gasteiger partial charge in [0.25, 0.3) is 0 Å². The number of carbonyl (C=O) groups excluding carboxylic acids is 3. The first-order chi connectivity index (χ1) is 15.3. The zero-order valence-corrected chi connectivity index (χ0v) is 17.9. The molecule has 0 N–H and O–H groups in total. The Morgan fingerprint density at radius 1 is 1.16 bits per heavy atom. The Balaban J connectivity index is 1.39. The van der Waals surface area contributed by atoms with Crippen LogP contribution in [0.1, 0.15) is 36.2 Å². The van der Waals surface area contributed by atoms with Crippen LogP contribution in [0.5, 0.6) is 0 Å². The van der Waals surface area contributed by atoms with Crippen molar-refractivity contribution in [3.05, 3.63) is 70.0 Å². The number of carbonyl (C=O) groups is 3. The summed E-state index contributed by atoms with van der Waals surface area (Å²) in [6, 6.07) is 12.2. The van der Waals surface area contributed by atoms with Gasteiger partial charge >= 0.3 is 5.97 Å². The maximum Gasteiger partial charge on any atom is 0.308 e. The van der Waals surface area contributed by atoms with Crippen LogP contribution in [0.25, 0.3) is 10.9 Å². The minimum absolute atomic E-state index is 0.00917. The summed E-state index contributed by atoms with van der Waals surface area (Å²) in [5.74, 6) is -0.858. The highest BCUT2D eigenvalue weighted by molar-refractivity contribution is 6.01. The van der Waals surface area contributed by atoms with Gasteiger partial charge in [0, 0.05) is 30.1 Å². The van der Waals surface area contributed by atoms with E-state index < -0.39 is 12.1 Å². The molecule has 8 nitrogen and oxygen atoms in total. The molecule has 1 amide bonds. The summed E-state index contributed by atoms with van der Waals surface area (Å²) in [7, 11) is 0. The van der Waals surface area contributed by atoms with Crippen molar-refractivity contribution in [2.45, 2.75) is 39.3 Å². The largest absolute Gasteiger partial charge is 0.454 e. The topological polar surface area (TPSA) is 98.6 Å². The molecule has 164 valence electrons. The van der Waals surface area contributed by atoms with E-state index in [0.29, 0.717) is 29.4 Å². The molecule has 0 spiro atoms. The third-order valence-electron chi connectivity index (χ3n) is 5.61. The van der Waals surface area contributed by atoms with Crippen LogP contribution in [0.3, 0.4) is 0 Å². The van der Waals surface area contributed by atoms with Crippen molar-refractivity contribution < 1.29 is 19.1 Å². The number of benzene rings is 2. The second-order valence-electron chi connectivity index (χ2n) is 7.76. The molecule has 0 saturated carbocycles. The van der Waals surface area contributed by atoms with Crippen molar-refractivity contribution in [2.24, 2.45) is 0 Å². The summed E-state index contributed by atoms with van der Waals surface area (Å²) in [5, 5.41) is 4.62. The summed E-state index contributed by atoms with van der Waals surface area (Å²) in [4.78, 5) is 50.4. The molecule has 0 radical (unpaired) electrons. The average Bonchev–Trinajstić information content (AvgIpc) is 3.22. The number of para-hydroxylation sites is 1. The van der Waals surface area contributed by atoms with Crippen LogP contribution in [0.2, 0.25) is 0 Å². The highest BCUT2D eigenvalue weighted by atomic mass is 16.5. The first-order valence-corrected chi connectivity index (χ1v) is 10.4. The van der Waals surface area contributed by atoms with Crippen LogP contribution in [0, 0.1) is 0 Å². The number of hydrogen-bond acceptors (Lipinski definition) is 6. The zero-order valence-electron chi connectivity index (χ0n) is 17.9. The Kier molecular flexibility index (Phi) is 5.85. The molecule has 0 bridgehead atoms. The summed E-state index contributed by atoms with van der Waals surface area (Å²) in [6.45, 7) is 3.88. The predicted octanol–water partition coefficient (Wildman–Crippen LogP) is 2.51. The van der Waals surface area contributed by atoms with Crippen molar-refractivity contribution in [1.29, 1.82) is 0 Å². The van der Waals surface area contributed by atoms with Crippen LogP contribution < -0.4 is 10.3 Å². The number of amides is 1. The van der Waals surface area contributed by atoms with E-state index in [1.165, 1.54) is 13.1 Å². The van der Waals surface area contributed by atoms with Gasteiger partial charge in [-0.25, -0.2) is 0 Å². The molecular weight excluding hydrogens is 410 g/mol. The monoisotopic (exact) mass is 433 g/mol. The third-order valence-corrected chi connectivity index (χ3v) is 5.61. The normalized spacial score (nSPS) is 13.6. The van der Waals surface area contributed by atoms with Crippen molar-refractivity contribution in [3.8, 4) is 0 Å². The van der Waals surface area contributed by atoms with Crippen LogP contribution in [0.15, 0.2) is 53.5 Å². The Morgan fingerprint density at radius 3 is 2.72 bits per heavy atom. The number of aryl methyl sites for hydroxylation is 1. The van der Waals surface area contributed by atoms with E-state index in [2.05, 4.69) is 5.10 Å². The molecule has 2 heterocycles. The number of nitrogens with zero attached hydrogens (tertiary/aromatic N) is 3. The summed E-state index contributed by atoms with van der Waals surface area (Å²) < 4.78 is 6.92. The Hall–Kier alpha value is -3.81. The van der Waals surface area contributed by atoms with Gasteiger partial charge in [0.05, 0.1) is 24.7 Å². The summed E-state index contributed by atoms with van der Waals surface area (Å²) in [6.07, 6.45) is 0.977. The molecule has 4 rings (SSSR count). The highest BCUT2D eigenvalue weighted by Crippen LogP contribution is 2.29. The van der Waals surface area contributed by atoms with E-state index in [9.17, 15) is 19.2 Å². The number of Topliss-reactive ketones (excluding diaryl/α,β-unsaturated/α-hetero) is 1. The molecule has 8 heteroatoms. The smallest absolute Gasteiger partial charge is 0.308 e. The number of fused-ring (bicyclic) bond motifs is 2. The summed E-state index contributed by atoms with van der Waals surface area (Å²) >= 11 is 0. The van der Waals surface area contributed by atoms with Crippen LogP contribution >= 0.6 is 0 Å². The Bertz CT molecular complexity index is 1280. The van der Waals surface area contributed by atoms with Gasteiger partial charge in [-0.05, 0) is 49.2 Å². The molecule has 2 aromatic carbocycles. The van der Waals surface area contributed by atoms with Gasteiger partial charge in [0.2, 0.25) is 17.1 Å². The minimum atomic E-state index is -0.940. The first kappa shape index (κ1) is 21.4. The number of ether oxygens (including phenoxy) is 1. The van der Waals surface area contributed by atoms with E-state index in [0.717, 1.165) is 11.3 Å². The maximum atomic E-state index is 12.8. The lowest BCUT2D eigenvalue weighted by molar-refractivity contribution is -0.146. The van der Waals surface area contributed by atoms with Gasteiger partial charge in [-0.2, -0.15) is 5.10 Å². The number of hydrogen-bond donors (Lipinski definition) is 0. The molecule has 1 atom stereocenters. The summed E-state index contributed by atoms with van der Waals surface area (Å²) in [5.41, 5.74) is 2.65. The van der Waals surface area contributed by atoms with Crippen molar-refractivity contribution in [2.75, 3.05) is 11.4 Å². The van der Waals surface area contributed by atoms with Gasteiger partial charge in [-0.15, -0.1) is 0 Å². The van der Waals surface area contributed by atoms with E-state index in [1.54, 1.807) is 59.0 Å². The van der Waals surface area contributed by atoms with E-state index >= 15 is 0 Å². The molecule has 1 aliphatic rings. The van der Waals surface area contributed by atoms with Crippen molar-refractivity contribution >= 4 is 34.3 Å². The molecule has 0 fully saturated rings. The Morgan fingerprint density at radius 2 is 1.94 bits per heavy atom. The van der Waals surface area contributed by atoms with E-state index in [4.69, 9.17) is 4.74 Å². The van der Waals surface area contributed by atoms with Crippen LogP contribution in [-0.2, 0) is 27.3 Å². The number of aromatic nitrogens is 2. The first-order valence-electron chi connectivity index (χ1n) is 10.4. The molecule has 0 saturated heterocycles. The highest BCUT2D eigenvalue weighted by Gasteiger charge is 2.25. The fourth-order valence-electron chi connectivity index (χ4n) is 3.96. The fourth-order valence-corrected chi connectivity index (χ4v) is 3.96. The number of esters is 1. The second-order valence-corrected chi connectivity index (χ2v) is 7.76. The lowest BCUT2D eigenvalue weighted by Gasteiger charge is -2.16. The lowest BCUT2D eigenvalue weighted by Crippen LogP contribution is -2.26. The second kappa shape index (κ2) is 8.74. The Labute approximate surface area is 184 Å². The quantitative estimate of drug-likeness (QED) is 0.438. The fraction of sp³-hybridized carbons (Fsp3) is 0.292. The molecule has 1 aromatic heterocycles. The van der Waals surface area contributed by atoms with Gasteiger partial charge in [-0.1, -0.05) is 12.1 Å². The molecular formula is C24H23N3O5. The van der Waals surface area contributed by atoms with E-state index in [1.807, 2.05) is 0 Å². The molecule has 1 aliphatic heterocycles. The van der Waals surface area contributed by atoms with Gasteiger partial charge in [0.15, 0.2) is 6.10 Å².